The third kappa shape index (κ3) is 2.97. The van der Waals surface area contributed by atoms with Gasteiger partial charge in [-0.3, -0.25) is 4.79 Å². The van der Waals surface area contributed by atoms with Gasteiger partial charge >= 0.3 is 0 Å². The van der Waals surface area contributed by atoms with Crippen LogP contribution in [-0.2, 0) is 16.6 Å². The van der Waals surface area contributed by atoms with Gasteiger partial charge in [0.15, 0.2) is 5.82 Å². The van der Waals surface area contributed by atoms with Gasteiger partial charge in [0.25, 0.3) is 0 Å². The third-order valence-corrected chi connectivity index (χ3v) is 3.64. The zero-order valence-electron chi connectivity index (χ0n) is 12.1. The number of nitrogens with zero attached hydrogens (tertiary/aromatic N) is 4. The van der Waals surface area contributed by atoms with Crippen LogP contribution < -0.4 is 5.32 Å². The van der Waals surface area contributed by atoms with Crippen molar-refractivity contribution in [3.8, 4) is 0 Å². The number of anilines is 1. The van der Waals surface area contributed by atoms with E-state index in [2.05, 4.69) is 15.3 Å². The van der Waals surface area contributed by atoms with E-state index in [-0.39, 0.29) is 5.91 Å². The lowest BCUT2D eigenvalue weighted by Gasteiger charge is -2.26. The van der Waals surface area contributed by atoms with Crippen molar-refractivity contribution in [1.29, 1.82) is 0 Å². The molecule has 1 aliphatic rings. The fourth-order valence-corrected chi connectivity index (χ4v) is 2.45. The first-order valence-corrected chi connectivity index (χ1v) is 7.11. The molecule has 2 aromatic heterocycles. The van der Waals surface area contributed by atoms with Crippen LogP contribution in [0.25, 0.3) is 11.0 Å². The topological polar surface area (TPSA) is 72.3 Å². The second-order valence-electron chi connectivity index (χ2n) is 5.05. The SMILES string of the molecule is Cn1cnc2c(NCCC(=O)N3CCOCC3)nccc21. The van der Waals surface area contributed by atoms with Gasteiger partial charge in [0.05, 0.1) is 25.1 Å². The second kappa shape index (κ2) is 6.09. The molecule has 1 N–H and O–H groups in total. The zero-order chi connectivity index (χ0) is 14.7. The Morgan fingerprint density at radius 2 is 2.19 bits per heavy atom. The number of morpholine rings is 1. The van der Waals surface area contributed by atoms with Crippen molar-refractivity contribution in [3.05, 3.63) is 18.6 Å². The lowest BCUT2D eigenvalue weighted by atomic mass is 10.3. The summed E-state index contributed by atoms with van der Waals surface area (Å²) < 4.78 is 7.19. The molecular formula is C14H19N5O2. The summed E-state index contributed by atoms with van der Waals surface area (Å²) in [4.78, 5) is 22.5. The molecule has 0 atom stereocenters. The van der Waals surface area contributed by atoms with E-state index in [4.69, 9.17) is 4.74 Å². The Balaban J connectivity index is 1.58. The number of hydrogen-bond donors (Lipinski definition) is 1. The van der Waals surface area contributed by atoms with Gasteiger partial charge in [-0.15, -0.1) is 0 Å². The number of carbonyl (C=O) groups excluding carboxylic acids is 1. The molecule has 1 saturated heterocycles. The van der Waals surface area contributed by atoms with Crippen molar-refractivity contribution in [3.63, 3.8) is 0 Å². The average Bonchev–Trinajstić information content (AvgIpc) is 2.91. The molecule has 7 nitrogen and oxygen atoms in total. The van der Waals surface area contributed by atoms with Gasteiger partial charge in [-0.2, -0.15) is 0 Å². The smallest absolute Gasteiger partial charge is 0.224 e. The van der Waals surface area contributed by atoms with Crippen molar-refractivity contribution in [2.45, 2.75) is 6.42 Å². The minimum atomic E-state index is 0.152. The summed E-state index contributed by atoms with van der Waals surface area (Å²) in [6.45, 7) is 3.20. The predicted octanol–water partition coefficient (Wildman–Crippen LogP) is 0.629. The van der Waals surface area contributed by atoms with Crippen LogP contribution in [0, 0.1) is 0 Å². The monoisotopic (exact) mass is 289 g/mol. The summed E-state index contributed by atoms with van der Waals surface area (Å²) in [6, 6.07) is 1.92. The first-order chi connectivity index (χ1) is 10.3. The molecule has 1 amide bonds. The van der Waals surface area contributed by atoms with Crippen LogP contribution in [-0.4, -0.2) is 58.2 Å². The molecule has 2 aromatic rings. The molecular weight excluding hydrogens is 270 g/mol. The molecule has 0 radical (unpaired) electrons. The molecule has 0 bridgehead atoms. The van der Waals surface area contributed by atoms with E-state index in [0.717, 1.165) is 16.9 Å². The van der Waals surface area contributed by atoms with Gasteiger partial charge in [0.1, 0.15) is 5.52 Å². The summed E-state index contributed by atoms with van der Waals surface area (Å²) in [7, 11) is 1.95. The van der Waals surface area contributed by atoms with Gasteiger partial charge in [0.2, 0.25) is 5.91 Å². The molecule has 0 saturated carbocycles. The number of fused-ring (bicyclic) bond motifs is 1. The van der Waals surface area contributed by atoms with Gasteiger partial charge in [-0.25, -0.2) is 9.97 Å². The maximum Gasteiger partial charge on any atom is 0.224 e. The standard InChI is InChI=1S/C14H19N5O2/c1-18-10-17-13-11(18)2-4-15-14(13)16-5-3-12(20)19-6-8-21-9-7-19/h2,4,10H,3,5-9H2,1H3,(H,15,16). The van der Waals surface area contributed by atoms with E-state index in [1.54, 1.807) is 12.5 Å². The fraction of sp³-hybridized carbons (Fsp3) is 0.500. The molecule has 3 rings (SSSR count). The van der Waals surface area contributed by atoms with E-state index in [1.807, 2.05) is 22.6 Å². The van der Waals surface area contributed by atoms with Crippen LogP contribution in [0.5, 0.6) is 0 Å². The van der Waals surface area contributed by atoms with Crippen LogP contribution in [0.2, 0.25) is 0 Å². The molecule has 7 heteroatoms. The average molecular weight is 289 g/mol. The number of pyridine rings is 1. The van der Waals surface area contributed by atoms with E-state index < -0.39 is 0 Å². The summed E-state index contributed by atoms with van der Waals surface area (Å²) in [5, 5.41) is 3.21. The number of carbonyl (C=O) groups is 1. The molecule has 3 heterocycles. The first-order valence-electron chi connectivity index (χ1n) is 7.11. The Kier molecular flexibility index (Phi) is 4.01. The molecule has 0 spiro atoms. The number of imidazole rings is 1. The van der Waals surface area contributed by atoms with Crippen LogP contribution >= 0.6 is 0 Å². The van der Waals surface area contributed by atoms with Gasteiger partial charge in [-0.1, -0.05) is 0 Å². The van der Waals surface area contributed by atoms with Gasteiger partial charge < -0.3 is 19.5 Å². The molecule has 1 fully saturated rings. The van der Waals surface area contributed by atoms with Crippen molar-refractivity contribution < 1.29 is 9.53 Å². The van der Waals surface area contributed by atoms with Crippen LogP contribution in [0.1, 0.15) is 6.42 Å². The highest BCUT2D eigenvalue weighted by molar-refractivity contribution is 5.86. The van der Waals surface area contributed by atoms with Crippen LogP contribution in [0.15, 0.2) is 18.6 Å². The number of amides is 1. The molecule has 0 aliphatic carbocycles. The van der Waals surface area contributed by atoms with E-state index in [9.17, 15) is 4.79 Å². The number of nitrogens with one attached hydrogen (secondary N) is 1. The van der Waals surface area contributed by atoms with Crippen molar-refractivity contribution in [2.75, 3.05) is 38.2 Å². The Morgan fingerprint density at radius 3 is 3.00 bits per heavy atom. The highest BCUT2D eigenvalue weighted by atomic mass is 16.5. The predicted molar refractivity (Wildman–Crippen MR) is 79.0 cm³/mol. The number of aromatic nitrogens is 3. The highest BCUT2D eigenvalue weighted by Crippen LogP contribution is 2.18. The summed E-state index contributed by atoms with van der Waals surface area (Å²) in [5.74, 6) is 0.877. The van der Waals surface area contributed by atoms with Crippen LogP contribution in [0.3, 0.4) is 0 Å². The summed E-state index contributed by atoms with van der Waals surface area (Å²) in [6.07, 6.45) is 3.96. The van der Waals surface area contributed by atoms with Crippen molar-refractivity contribution in [1.82, 2.24) is 19.4 Å². The number of hydrogen-bond acceptors (Lipinski definition) is 5. The molecule has 1 aliphatic heterocycles. The highest BCUT2D eigenvalue weighted by Gasteiger charge is 2.16. The molecule has 112 valence electrons. The van der Waals surface area contributed by atoms with Crippen LogP contribution in [0.4, 0.5) is 5.82 Å². The number of ether oxygens (including phenoxy) is 1. The van der Waals surface area contributed by atoms with E-state index in [0.29, 0.717) is 39.3 Å². The zero-order valence-corrected chi connectivity index (χ0v) is 12.1. The molecule has 0 aromatic carbocycles. The minimum Gasteiger partial charge on any atom is -0.378 e. The lowest BCUT2D eigenvalue weighted by Crippen LogP contribution is -2.41. The second-order valence-corrected chi connectivity index (χ2v) is 5.05. The maximum absolute atomic E-state index is 12.0. The minimum absolute atomic E-state index is 0.152. The summed E-state index contributed by atoms with van der Waals surface area (Å²) in [5.41, 5.74) is 1.85. The third-order valence-electron chi connectivity index (χ3n) is 3.64. The molecule has 0 unspecified atom stereocenters. The Labute approximate surface area is 122 Å². The lowest BCUT2D eigenvalue weighted by molar-refractivity contribution is -0.134. The maximum atomic E-state index is 12.0. The van der Waals surface area contributed by atoms with E-state index in [1.165, 1.54) is 0 Å². The molecule has 21 heavy (non-hydrogen) atoms. The van der Waals surface area contributed by atoms with E-state index >= 15 is 0 Å². The first kappa shape index (κ1) is 13.8. The fourth-order valence-electron chi connectivity index (χ4n) is 2.45. The Bertz CT molecular complexity index is 633. The number of rotatable bonds is 4. The largest absolute Gasteiger partial charge is 0.378 e. The normalized spacial score (nSPS) is 15.4. The quantitative estimate of drug-likeness (QED) is 0.894. The Hall–Kier alpha value is -2.15. The Morgan fingerprint density at radius 1 is 1.38 bits per heavy atom. The summed E-state index contributed by atoms with van der Waals surface area (Å²) >= 11 is 0. The van der Waals surface area contributed by atoms with Gasteiger partial charge in [0, 0.05) is 39.3 Å². The van der Waals surface area contributed by atoms with Crippen molar-refractivity contribution >= 4 is 22.8 Å². The van der Waals surface area contributed by atoms with Crippen molar-refractivity contribution in [2.24, 2.45) is 7.05 Å². The number of aryl methyl sites for hydroxylation is 1. The van der Waals surface area contributed by atoms with Gasteiger partial charge in [-0.05, 0) is 6.07 Å².